The van der Waals surface area contributed by atoms with Gasteiger partial charge in [-0.15, -0.1) is 0 Å². The highest BCUT2D eigenvalue weighted by Crippen LogP contribution is 2.33. The molecule has 3 aromatic carbocycles. The van der Waals surface area contributed by atoms with Gasteiger partial charge in [0.1, 0.15) is 12.0 Å². The largest absolute Gasteiger partial charge is 0.492 e. The molecule has 0 bridgehead atoms. The van der Waals surface area contributed by atoms with E-state index in [9.17, 15) is 9.59 Å². The zero-order valence-corrected chi connectivity index (χ0v) is 17.5. The first kappa shape index (κ1) is 21.9. The third-order valence-electron chi connectivity index (χ3n) is 4.43. The number of amides is 1. The Morgan fingerprint density at radius 2 is 1.55 bits per heavy atom. The molecular formula is C25H25NO5. The quantitative estimate of drug-likeness (QED) is 0.465. The van der Waals surface area contributed by atoms with Crippen LogP contribution in [0.4, 0.5) is 5.69 Å². The van der Waals surface area contributed by atoms with Gasteiger partial charge in [-0.05, 0) is 44.2 Å². The molecule has 3 aromatic rings. The molecular weight excluding hydrogens is 394 g/mol. The molecule has 0 fully saturated rings. The highest BCUT2D eigenvalue weighted by molar-refractivity contribution is 5.96. The van der Waals surface area contributed by atoms with Crippen molar-refractivity contribution in [3.05, 3.63) is 83.9 Å². The van der Waals surface area contributed by atoms with Crippen molar-refractivity contribution < 1.29 is 23.8 Å². The van der Waals surface area contributed by atoms with Gasteiger partial charge in [-0.1, -0.05) is 42.5 Å². The van der Waals surface area contributed by atoms with E-state index in [1.54, 1.807) is 30.3 Å². The summed E-state index contributed by atoms with van der Waals surface area (Å²) < 4.78 is 17.4. The highest BCUT2D eigenvalue weighted by Gasteiger charge is 2.25. The number of hydrogen-bond donors (Lipinski definition) is 1. The van der Waals surface area contributed by atoms with Crippen LogP contribution in [0, 0.1) is 0 Å². The summed E-state index contributed by atoms with van der Waals surface area (Å²) in [4.78, 5) is 24.4. The lowest BCUT2D eigenvalue weighted by Crippen LogP contribution is -2.26. The second kappa shape index (κ2) is 10.8. The maximum atomic E-state index is 13.3. The van der Waals surface area contributed by atoms with Crippen LogP contribution in [0.1, 0.15) is 35.9 Å². The van der Waals surface area contributed by atoms with Crippen LogP contribution in [-0.2, 0) is 4.79 Å². The van der Waals surface area contributed by atoms with Crippen molar-refractivity contribution in [2.75, 3.05) is 18.5 Å². The van der Waals surface area contributed by atoms with Crippen molar-refractivity contribution >= 4 is 17.9 Å². The summed E-state index contributed by atoms with van der Waals surface area (Å²) in [5, 5.41) is 2.90. The lowest BCUT2D eigenvalue weighted by atomic mass is 10.1. The van der Waals surface area contributed by atoms with Crippen LogP contribution in [0.5, 0.6) is 17.2 Å². The average Bonchev–Trinajstić information content (AvgIpc) is 2.80. The van der Waals surface area contributed by atoms with E-state index in [2.05, 4.69) is 5.32 Å². The van der Waals surface area contributed by atoms with E-state index in [0.717, 1.165) is 6.29 Å². The van der Waals surface area contributed by atoms with Gasteiger partial charge in [-0.25, -0.2) is 0 Å². The van der Waals surface area contributed by atoms with Crippen molar-refractivity contribution in [2.24, 2.45) is 0 Å². The van der Waals surface area contributed by atoms with Gasteiger partial charge < -0.3 is 19.5 Å². The van der Waals surface area contributed by atoms with Crippen molar-refractivity contribution in [3.63, 3.8) is 0 Å². The lowest BCUT2D eigenvalue weighted by molar-refractivity contribution is -0.123. The normalized spacial score (nSPS) is 11.3. The van der Waals surface area contributed by atoms with Gasteiger partial charge in [-0.2, -0.15) is 0 Å². The molecule has 0 spiro atoms. The number of carbonyl (C=O) groups is 2. The third-order valence-corrected chi connectivity index (χ3v) is 4.43. The smallest absolute Gasteiger partial charge is 0.270 e. The molecule has 0 unspecified atom stereocenters. The fourth-order valence-electron chi connectivity index (χ4n) is 3.04. The van der Waals surface area contributed by atoms with Crippen LogP contribution in [-0.4, -0.2) is 25.4 Å². The summed E-state index contributed by atoms with van der Waals surface area (Å²) in [6.45, 7) is 4.59. The van der Waals surface area contributed by atoms with Gasteiger partial charge in [0.05, 0.1) is 18.9 Å². The van der Waals surface area contributed by atoms with Gasteiger partial charge in [0.15, 0.2) is 11.5 Å². The number of anilines is 1. The van der Waals surface area contributed by atoms with E-state index in [4.69, 9.17) is 14.2 Å². The second-order valence-electron chi connectivity index (χ2n) is 6.58. The average molecular weight is 419 g/mol. The number of hydrogen-bond acceptors (Lipinski definition) is 5. The first-order valence-corrected chi connectivity index (χ1v) is 10.1. The number of aldehydes is 1. The van der Waals surface area contributed by atoms with E-state index in [0.29, 0.717) is 47.3 Å². The van der Waals surface area contributed by atoms with Gasteiger partial charge in [-0.3, -0.25) is 9.59 Å². The summed E-state index contributed by atoms with van der Waals surface area (Å²) >= 11 is 0. The standard InChI is InChI=1S/C25H25NO5/c1-3-29-21-13-9-8-12-20(21)26-25(28)24(19-10-6-5-7-11-19)31-22-15-14-18(17-27)16-23(22)30-4-2/h5-17,24H,3-4H2,1-2H3,(H,26,28)/t24-/m1/s1. The Balaban J connectivity index is 1.93. The van der Waals surface area contributed by atoms with Crippen molar-refractivity contribution in [1.82, 2.24) is 0 Å². The Kier molecular flexibility index (Phi) is 7.65. The van der Waals surface area contributed by atoms with Crippen LogP contribution in [0.3, 0.4) is 0 Å². The number of para-hydroxylation sites is 2. The summed E-state index contributed by atoms with van der Waals surface area (Å²) in [5.74, 6) is 0.987. The molecule has 6 nitrogen and oxygen atoms in total. The Labute approximate surface area is 181 Å². The molecule has 0 saturated carbocycles. The molecule has 0 aliphatic heterocycles. The van der Waals surface area contributed by atoms with Gasteiger partial charge in [0.2, 0.25) is 6.10 Å². The molecule has 31 heavy (non-hydrogen) atoms. The molecule has 0 heterocycles. The molecule has 6 heteroatoms. The first-order valence-electron chi connectivity index (χ1n) is 10.1. The molecule has 0 saturated heterocycles. The van der Waals surface area contributed by atoms with Crippen molar-refractivity contribution in [3.8, 4) is 17.2 Å². The van der Waals surface area contributed by atoms with Gasteiger partial charge in [0, 0.05) is 11.1 Å². The third kappa shape index (κ3) is 5.63. The van der Waals surface area contributed by atoms with E-state index >= 15 is 0 Å². The molecule has 0 radical (unpaired) electrons. The second-order valence-corrected chi connectivity index (χ2v) is 6.58. The minimum atomic E-state index is -0.947. The SMILES string of the molecule is CCOc1ccccc1NC(=O)[C@H](Oc1ccc(C=O)cc1OCC)c1ccccc1. The lowest BCUT2D eigenvalue weighted by Gasteiger charge is -2.21. The van der Waals surface area contributed by atoms with Gasteiger partial charge in [0.25, 0.3) is 5.91 Å². The van der Waals surface area contributed by atoms with Crippen molar-refractivity contribution in [2.45, 2.75) is 20.0 Å². The minimum Gasteiger partial charge on any atom is -0.492 e. The zero-order valence-electron chi connectivity index (χ0n) is 17.5. The molecule has 1 amide bonds. The zero-order chi connectivity index (χ0) is 22.1. The fourth-order valence-corrected chi connectivity index (χ4v) is 3.04. The van der Waals surface area contributed by atoms with Crippen LogP contribution < -0.4 is 19.5 Å². The van der Waals surface area contributed by atoms with Crippen LogP contribution >= 0.6 is 0 Å². The van der Waals surface area contributed by atoms with E-state index in [1.165, 1.54) is 0 Å². The molecule has 1 atom stereocenters. The van der Waals surface area contributed by atoms with E-state index in [1.807, 2.05) is 56.3 Å². The molecule has 0 aromatic heterocycles. The Hall–Kier alpha value is -3.80. The summed E-state index contributed by atoms with van der Waals surface area (Å²) in [6.07, 6.45) is -0.213. The Morgan fingerprint density at radius 1 is 0.871 bits per heavy atom. The summed E-state index contributed by atoms with van der Waals surface area (Å²) in [5.41, 5.74) is 1.69. The predicted molar refractivity (Wildman–Crippen MR) is 119 cm³/mol. The molecule has 1 N–H and O–H groups in total. The fraction of sp³-hybridized carbons (Fsp3) is 0.200. The highest BCUT2D eigenvalue weighted by atomic mass is 16.5. The number of benzene rings is 3. The first-order chi connectivity index (χ1) is 15.2. The van der Waals surface area contributed by atoms with Crippen LogP contribution in [0.25, 0.3) is 0 Å². The van der Waals surface area contributed by atoms with Crippen LogP contribution in [0.2, 0.25) is 0 Å². The summed E-state index contributed by atoms with van der Waals surface area (Å²) in [7, 11) is 0. The van der Waals surface area contributed by atoms with Crippen molar-refractivity contribution in [1.29, 1.82) is 0 Å². The van der Waals surface area contributed by atoms with E-state index in [-0.39, 0.29) is 5.91 Å². The predicted octanol–water partition coefficient (Wildman–Crippen LogP) is 5.06. The Bertz CT molecular complexity index is 1020. The molecule has 0 aliphatic rings. The molecule has 3 rings (SSSR count). The number of carbonyl (C=O) groups excluding carboxylic acids is 2. The summed E-state index contributed by atoms with van der Waals surface area (Å²) in [6, 6.07) is 21.3. The van der Waals surface area contributed by atoms with Gasteiger partial charge >= 0.3 is 0 Å². The maximum Gasteiger partial charge on any atom is 0.270 e. The minimum absolute atomic E-state index is 0.361. The number of nitrogens with one attached hydrogen (secondary N) is 1. The molecule has 160 valence electrons. The Morgan fingerprint density at radius 3 is 2.26 bits per heavy atom. The van der Waals surface area contributed by atoms with Crippen LogP contribution in [0.15, 0.2) is 72.8 Å². The molecule has 0 aliphatic carbocycles. The van der Waals surface area contributed by atoms with E-state index < -0.39 is 6.10 Å². The number of rotatable bonds is 10. The monoisotopic (exact) mass is 419 g/mol. The maximum absolute atomic E-state index is 13.3. The number of ether oxygens (including phenoxy) is 3. The topological polar surface area (TPSA) is 73.9 Å².